The second-order valence-electron chi connectivity index (χ2n) is 3.52. The molecule has 5 N–H and O–H groups in total. The molecule has 1 aromatic carbocycles. The van der Waals surface area contributed by atoms with E-state index in [9.17, 15) is 9.18 Å². The van der Waals surface area contributed by atoms with Gasteiger partial charge < -0.3 is 16.4 Å². The van der Waals surface area contributed by atoms with Crippen LogP contribution >= 0.6 is 0 Å². The van der Waals surface area contributed by atoms with E-state index in [-0.39, 0.29) is 11.7 Å². The van der Waals surface area contributed by atoms with Crippen LogP contribution in [0.4, 0.5) is 14.9 Å². The fourth-order valence-corrected chi connectivity index (χ4v) is 1.26. The Morgan fingerprint density at radius 2 is 2.06 bits per heavy atom. The van der Waals surface area contributed by atoms with Gasteiger partial charge in [-0.05, 0) is 30.7 Å². The number of benzene rings is 1. The van der Waals surface area contributed by atoms with E-state index in [2.05, 4.69) is 10.6 Å². The van der Waals surface area contributed by atoms with Gasteiger partial charge in [0.1, 0.15) is 11.7 Å². The Labute approximate surface area is 98.7 Å². The molecule has 5 nitrogen and oxygen atoms in total. The number of halogens is 1. The van der Waals surface area contributed by atoms with Crippen LogP contribution in [0.25, 0.3) is 0 Å². The summed E-state index contributed by atoms with van der Waals surface area (Å²) in [6, 6.07) is 4.43. The Hall–Kier alpha value is -2.11. The number of nitrogens with two attached hydrogens (primary N) is 1. The summed E-state index contributed by atoms with van der Waals surface area (Å²) in [7, 11) is 0. The molecule has 6 heteroatoms. The van der Waals surface area contributed by atoms with E-state index in [1.807, 2.05) is 6.92 Å². The Bertz CT molecular complexity index is 404. The largest absolute Gasteiger partial charge is 0.386 e. The number of anilines is 1. The highest BCUT2D eigenvalue weighted by Gasteiger charge is 2.12. The Morgan fingerprint density at radius 1 is 1.47 bits per heavy atom. The van der Waals surface area contributed by atoms with Crippen LogP contribution < -0.4 is 16.4 Å². The lowest BCUT2D eigenvalue weighted by atomic mass is 10.2. The highest BCUT2D eigenvalue weighted by molar-refractivity contribution is 5.93. The molecule has 0 aromatic heterocycles. The van der Waals surface area contributed by atoms with E-state index in [4.69, 9.17) is 11.1 Å². The van der Waals surface area contributed by atoms with Gasteiger partial charge in [-0.25, -0.2) is 9.18 Å². The van der Waals surface area contributed by atoms with E-state index in [0.717, 1.165) is 0 Å². The normalized spacial score (nSPS) is 11.6. The Kier molecular flexibility index (Phi) is 4.45. The average molecular weight is 238 g/mol. The van der Waals surface area contributed by atoms with Crippen molar-refractivity contribution in [3.8, 4) is 0 Å². The molecule has 92 valence electrons. The third-order valence-electron chi connectivity index (χ3n) is 2.19. The molecule has 0 aliphatic heterocycles. The van der Waals surface area contributed by atoms with Crippen molar-refractivity contribution in [3.63, 3.8) is 0 Å². The number of carbonyl (C=O) groups excluding carboxylic acids is 1. The number of hydrogen-bond donors (Lipinski definition) is 4. The zero-order valence-electron chi connectivity index (χ0n) is 9.46. The van der Waals surface area contributed by atoms with Crippen molar-refractivity contribution in [2.75, 3.05) is 5.32 Å². The van der Waals surface area contributed by atoms with Crippen LogP contribution in [-0.4, -0.2) is 17.9 Å². The molecule has 0 aliphatic carbocycles. The average Bonchev–Trinajstić information content (AvgIpc) is 2.28. The van der Waals surface area contributed by atoms with E-state index >= 15 is 0 Å². The molecule has 0 radical (unpaired) electrons. The molecule has 0 bridgehead atoms. The lowest BCUT2D eigenvalue weighted by molar-refractivity contribution is 0.250. The molecule has 17 heavy (non-hydrogen) atoms. The summed E-state index contributed by atoms with van der Waals surface area (Å²) in [5, 5.41) is 12.3. The van der Waals surface area contributed by atoms with Crippen LogP contribution in [0.3, 0.4) is 0 Å². The molecule has 0 heterocycles. The van der Waals surface area contributed by atoms with Gasteiger partial charge in [0.2, 0.25) is 0 Å². The smallest absolute Gasteiger partial charge is 0.319 e. The fraction of sp³-hybridized carbons (Fsp3) is 0.273. The molecule has 0 fully saturated rings. The van der Waals surface area contributed by atoms with Gasteiger partial charge in [-0.15, -0.1) is 0 Å². The monoisotopic (exact) mass is 238 g/mol. The van der Waals surface area contributed by atoms with Gasteiger partial charge in [0.05, 0.1) is 6.04 Å². The van der Waals surface area contributed by atoms with Gasteiger partial charge in [0, 0.05) is 5.69 Å². The first-order valence-corrected chi connectivity index (χ1v) is 5.20. The predicted molar refractivity (Wildman–Crippen MR) is 64.5 cm³/mol. The molecule has 1 aromatic rings. The van der Waals surface area contributed by atoms with Crippen molar-refractivity contribution in [1.29, 1.82) is 5.41 Å². The van der Waals surface area contributed by atoms with Crippen molar-refractivity contribution in [2.45, 2.75) is 19.4 Å². The van der Waals surface area contributed by atoms with Crippen molar-refractivity contribution >= 4 is 17.6 Å². The standard InChI is InChI=1S/C11H15FN4O/c1-2-9(10(13)14)16-11(17)15-8-5-3-7(12)4-6-8/h3-6,9H,2H2,1H3,(H3,13,14)(H2,15,16,17). The zero-order valence-corrected chi connectivity index (χ0v) is 9.46. The zero-order chi connectivity index (χ0) is 12.8. The van der Waals surface area contributed by atoms with Gasteiger partial charge in [-0.2, -0.15) is 0 Å². The van der Waals surface area contributed by atoms with E-state index in [1.54, 1.807) is 0 Å². The summed E-state index contributed by atoms with van der Waals surface area (Å²) in [6.45, 7) is 1.81. The maximum atomic E-state index is 12.6. The fourth-order valence-electron chi connectivity index (χ4n) is 1.26. The first-order chi connectivity index (χ1) is 8.02. The first kappa shape index (κ1) is 13.0. The van der Waals surface area contributed by atoms with Crippen LogP contribution in [0.15, 0.2) is 24.3 Å². The van der Waals surface area contributed by atoms with Gasteiger partial charge >= 0.3 is 6.03 Å². The van der Waals surface area contributed by atoms with Crippen LogP contribution in [0.1, 0.15) is 13.3 Å². The highest BCUT2D eigenvalue weighted by Crippen LogP contribution is 2.07. The first-order valence-electron chi connectivity index (χ1n) is 5.20. The molecule has 0 aliphatic rings. The van der Waals surface area contributed by atoms with Crippen molar-refractivity contribution in [3.05, 3.63) is 30.1 Å². The second-order valence-corrected chi connectivity index (χ2v) is 3.52. The maximum Gasteiger partial charge on any atom is 0.319 e. The molecule has 1 rings (SSSR count). The van der Waals surface area contributed by atoms with Gasteiger partial charge in [0.15, 0.2) is 0 Å². The minimum Gasteiger partial charge on any atom is -0.386 e. The van der Waals surface area contributed by atoms with Crippen LogP contribution in [-0.2, 0) is 0 Å². The minimum atomic E-state index is -0.490. The summed E-state index contributed by atoms with van der Waals surface area (Å²) >= 11 is 0. The van der Waals surface area contributed by atoms with Gasteiger partial charge in [0.25, 0.3) is 0 Å². The number of hydrogen-bond acceptors (Lipinski definition) is 2. The number of urea groups is 1. The van der Waals surface area contributed by atoms with Crippen LogP contribution in [0.2, 0.25) is 0 Å². The summed E-state index contributed by atoms with van der Waals surface area (Å²) < 4.78 is 12.6. The summed E-state index contributed by atoms with van der Waals surface area (Å²) in [5.41, 5.74) is 5.77. The molecule has 2 amide bonds. The second kappa shape index (κ2) is 5.83. The topological polar surface area (TPSA) is 91.0 Å². The summed E-state index contributed by atoms with van der Waals surface area (Å²) in [5.74, 6) is -0.465. The van der Waals surface area contributed by atoms with Crippen molar-refractivity contribution in [2.24, 2.45) is 5.73 Å². The van der Waals surface area contributed by atoms with Gasteiger partial charge in [-0.3, -0.25) is 5.41 Å². The lowest BCUT2D eigenvalue weighted by Gasteiger charge is -2.15. The Balaban J connectivity index is 2.54. The number of amidine groups is 1. The lowest BCUT2D eigenvalue weighted by Crippen LogP contribution is -2.45. The summed E-state index contributed by atoms with van der Waals surface area (Å²) in [4.78, 5) is 11.5. The van der Waals surface area contributed by atoms with Crippen molar-refractivity contribution in [1.82, 2.24) is 5.32 Å². The quantitative estimate of drug-likeness (QED) is 0.474. The molecular weight excluding hydrogens is 223 g/mol. The maximum absolute atomic E-state index is 12.6. The van der Waals surface area contributed by atoms with E-state index in [1.165, 1.54) is 24.3 Å². The third-order valence-corrected chi connectivity index (χ3v) is 2.19. The highest BCUT2D eigenvalue weighted by atomic mass is 19.1. The molecule has 1 atom stereocenters. The number of amides is 2. The van der Waals surface area contributed by atoms with E-state index < -0.39 is 12.1 Å². The van der Waals surface area contributed by atoms with Crippen molar-refractivity contribution < 1.29 is 9.18 Å². The van der Waals surface area contributed by atoms with Gasteiger partial charge in [-0.1, -0.05) is 6.92 Å². The molecule has 0 spiro atoms. The number of carbonyl (C=O) groups is 1. The van der Waals surface area contributed by atoms with E-state index in [0.29, 0.717) is 12.1 Å². The SMILES string of the molecule is CCC(NC(=O)Nc1ccc(F)cc1)C(=N)N. The minimum absolute atomic E-state index is 0.0956. The molecular formula is C11H15FN4O. The third kappa shape index (κ3) is 4.10. The number of nitrogens with one attached hydrogen (secondary N) is 3. The molecule has 0 saturated heterocycles. The van der Waals surface area contributed by atoms with Crippen LogP contribution in [0.5, 0.6) is 0 Å². The Morgan fingerprint density at radius 3 is 2.53 bits per heavy atom. The predicted octanol–water partition coefficient (Wildman–Crippen LogP) is 1.66. The van der Waals surface area contributed by atoms with Crippen LogP contribution in [0, 0.1) is 11.2 Å². The number of rotatable bonds is 4. The molecule has 0 saturated carbocycles. The molecule has 1 unspecified atom stereocenters. The summed E-state index contributed by atoms with van der Waals surface area (Å²) in [6.07, 6.45) is 0.534.